The molecule has 4 nitrogen and oxygen atoms in total. The Balaban J connectivity index is 5.36. The fourth-order valence-corrected chi connectivity index (χ4v) is 3.30. The first kappa shape index (κ1) is 21.3. The zero-order valence-corrected chi connectivity index (χ0v) is 16.6. The molecule has 0 saturated carbocycles. The fraction of sp³-hybridized carbons (Fsp3) is 0.824. The van der Waals surface area contributed by atoms with Crippen LogP contribution in [0.2, 0.25) is 18.1 Å². The quantitative estimate of drug-likeness (QED) is 0.267. The average molecular weight is 331 g/mol. The van der Waals surface area contributed by atoms with E-state index in [1.165, 1.54) is 0 Å². The van der Waals surface area contributed by atoms with E-state index in [4.69, 9.17) is 13.9 Å². The zero-order valence-electron chi connectivity index (χ0n) is 15.6. The fourth-order valence-electron chi connectivity index (χ4n) is 1.83. The number of allylic oxidation sites excluding steroid dienone is 1. The largest absolute Gasteiger partial charge is 0.466 e. The molecule has 130 valence electrons. The second kappa shape index (κ2) is 8.84. The van der Waals surface area contributed by atoms with Gasteiger partial charge in [-0.25, -0.2) is 0 Å². The molecule has 0 fully saturated rings. The van der Waals surface area contributed by atoms with Crippen LogP contribution in [-0.2, 0) is 18.7 Å². The van der Waals surface area contributed by atoms with Crippen molar-refractivity contribution in [1.29, 1.82) is 0 Å². The van der Waals surface area contributed by atoms with Gasteiger partial charge in [-0.15, -0.1) is 0 Å². The molecule has 0 aliphatic heterocycles. The third-order valence-electron chi connectivity index (χ3n) is 4.17. The summed E-state index contributed by atoms with van der Waals surface area (Å²) < 4.78 is 17.3. The van der Waals surface area contributed by atoms with Crippen LogP contribution in [-0.4, -0.2) is 33.8 Å². The van der Waals surface area contributed by atoms with Crippen LogP contribution >= 0.6 is 0 Å². The van der Waals surface area contributed by atoms with Gasteiger partial charge in [-0.2, -0.15) is 0 Å². The maximum atomic E-state index is 12.0. The molecule has 0 aromatic carbocycles. The molecule has 0 N–H and O–H groups in total. The van der Waals surface area contributed by atoms with E-state index in [9.17, 15) is 4.79 Å². The first-order valence-corrected chi connectivity index (χ1v) is 11.0. The number of hydrogen-bond acceptors (Lipinski definition) is 4. The monoisotopic (exact) mass is 330 g/mol. The van der Waals surface area contributed by atoms with Crippen LogP contribution in [0.15, 0.2) is 12.2 Å². The summed E-state index contributed by atoms with van der Waals surface area (Å²) in [6, 6.07) is 0. The maximum Gasteiger partial charge on any atom is 0.311 e. The highest BCUT2D eigenvalue weighted by Crippen LogP contribution is 2.41. The van der Waals surface area contributed by atoms with Crippen molar-refractivity contribution in [2.45, 2.75) is 77.8 Å². The molecule has 0 heterocycles. The molecule has 22 heavy (non-hydrogen) atoms. The number of carbonyl (C=O) groups is 1. The van der Waals surface area contributed by atoms with Gasteiger partial charge < -0.3 is 13.9 Å². The predicted molar refractivity (Wildman–Crippen MR) is 93.3 cm³/mol. The summed E-state index contributed by atoms with van der Waals surface area (Å²) >= 11 is 0. The van der Waals surface area contributed by atoms with Crippen molar-refractivity contribution in [2.75, 3.05) is 13.7 Å². The van der Waals surface area contributed by atoms with Crippen LogP contribution < -0.4 is 0 Å². The van der Waals surface area contributed by atoms with Crippen molar-refractivity contribution in [1.82, 2.24) is 0 Å². The molecule has 0 aromatic heterocycles. The van der Waals surface area contributed by atoms with E-state index in [2.05, 4.69) is 46.9 Å². The van der Waals surface area contributed by atoms with E-state index in [-0.39, 0.29) is 17.4 Å². The number of carbonyl (C=O) groups excluding carboxylic acids is 1. The Bertz CT molecular complexity index is 371. The van der Waals surface area contributed by atoms with Gasteiger partial charge in [0, 0.05) is 13.5 Å². The maximum absolute atomic E-state index is 12.0. The first-order chi connectivity index (χ1) is 10.0. The molecule has 5 heteroatoms. The minimum absolute atomic E-state index is 0.0416. The SMILES string of the molecule is CC/C=C/CC(CC(=O)OCC)(OC)O[Si](C)(C)C(C)(C)C. The summed E-state index contributed by atoms with van der Waals surface area (Å²) in [4.78, 5) is 12.0. The Morgan fingerprint density at radius 1 is 1.14 bits per heavy atom. The van der Waals surface area contributed by atoms with Crippen molar-refractivity contribution >= 4 is 14.3 Å². The molecule has 0 spiro atoms. The van der Waals surface area contributed by atoms with E-state index in [1.54, 1.807) is 14.0 Å². The standard InChI is InChI=1S/C17H34O4Si/c1-9-11-12-13-17(19-6,14-15(18)20-10-2)21-22(7,8)16(3,4)5/h11-12H,9-10,13-14H2,1-8H3/b12-11+. The number of rotatable bonds is 9. The molecule has 0 aliphatic rings. The van der Waals surface area contributed by atoms with Crippen LogP contribution in [0.5, 0.6) is 0 Å². The van der Waals surface area contributed by atoms with Gasteiger partial charge in [-0.3, -0.25) is 4.79 Å². The van der Waals surface area contributed by atoms with Crippen molar-refractivity contribution in [3.63, 3.8) is 0 Å². The Kier molecular flexibility index (Phi) is 8.58. The molecular weight excluding hydrogens is 296 g/mol. The van der Waals surface area contributed by atoms with Crippen LogP contribution in [0.25, 0.3) is 0 Å². The number of esters is 1. The second-order valence-corrected chi connectivity index (χ2v) is 11.8. The molecular formula is C17H34O4Si. The lowest BCUT2D eigenvalue weighted by Crippen LogP contribution is -2.51. The Morgan fingerprint density at radius 2 is 1.73 bits per heavy atom. The van der Waals surface area contributed by atoms with Gasteiger partial charge in [-0.05, 0) is 31.5 Å². The van der Waals surface area contributed by atoms with Crippen LogP contribution in [0.3, 0.4) is 0 Å². The third-order valence-corrected chi connectivity index (χ3v) is 8.66. The highest BCUT2D eigenvalue weighted by atomic mass is 28.4. The van der Waals surface area contributed by atoms with Gasteiger partial charge in [-0.1, -0.05) is 39.8 Å². The lowest BCUT2D eigenvalue weighted by Gasteiger charge is -2.44. The summed E-state index contributed by atoms with van der Waals surface area (Å²) in [6.07, 6.45) is 5.68. The second-order valence-electron chi connectivity index (χ2n) is 7.04. The van der Waals surface area contributed by atoms with Crippen molar-refractivity contribution in [3.05, 3.63) is 12.2 Å². The molecule has 0 radical (unpaired) electrons. The van der Waals surface area contributed by atoms with Crippen LogP contribution in [0.1, 0.15) is 53.9 Å². The summed E-state index contributed by atoms with van der Waals surface area (Å²) in [5.41, 5.74) is 0. The Morgan fingerprint density at radius 3 is 2.14 bits per heavy atom. The Labute approximate surface area is 137 Å². The average Bonchev–Trinajstić information content (AvgIpc) is 2.37. The highest BCUT2D eigenvalue weighted by Gasteiger charge is 2.46. The molecule has 0 aliphatic carbocycles. The number of methoxy groups -OCH3 is 1. The molecule has 0 amide bonds. The molecule has 0 rings (SSSR count). The van der Waals surface area contributed by atoms with Gasteiger partial charge in [0.25, 0.3) is 0 Å². The topological polar surface area (TPSA) is 44.8 Å². The molecule has 1 unspecified atom stereocenters. The van der Waals surface area contributed by atoms with Crippen molar-refractivity contribution in [2.24, 2.45) is 0 Å². The van der Waals surface area contributed by atoms with Gasteiger partial charge in [0.05, 0.1) is 13.0 Å². The minimum Gasteiger partial charge on any atom is -0.466 e. The van der Waals surface area contributed by atoms with E-state index in [0.29, 0.717) is 13.0 Å². The lowest BCUT2D eigenvalue weighted by atomic mass is 10.1. The van der Waals surface area contributed by atoms with Gasteiger partial charge >= 0.3 is 5.97 Å². The first-order valence-electron chi connectivity index (χ1n) is 8.09. The van der Waals surface area contributed by atoms with Crippen LogP contribution in [0.4, 0.5) is 0 Å². The normalized spacial score (nSPS) is 15.8. The van der Waals surface area contributed by atoms with Crippen molar-refractivity contribution in [3.8, 4) is 0 Å². The minimum atomic E-state index is -2.08. The summed E-state index contributed by atoms with van der Waals surface area (Å²) in [5.74, 6) is -1.23. The Hall–Kier alpha value is -0.653. The predicted octanol–water partition coefficient (Wildman–Crippen LogP) is 4.66. The number of hydrogen-bond donors (Lipinski definition) is 0. The highest BCUT2D eigenvalue weighted by molar-refractivity contribution is 6.74. The zero-order chi connectivity index (χ0) is 17.4. The van der Waals surface area contributed by atoms with Crippen molar-refractivity contribution < 1.29 is 18.7 Å². The van der Waals surface area contributed by atoms with Gasteiger partial charge in [0.1, 0.15) is 0 Å². The van der Waals surface area contributed by atoms with E-state index >= 15 is 0 Å². The molecule has 0 aromatic rings. The number of ether oxygens (including phenoxy) is 2. The van der Waals surface area contributed by atoms with Gasteiger partial charge in [0.15, 0.2) is 14.1 Å². The van der Waals surface area contributed by atoms with E-state index in [0.717, 1.165) is 6.42 Å². The van der Waals surface area contributed by atoms with Crippen LogP contribution in [0, 0.1) is 0 Å². The smallest absolute Gasteiger partial charge is 0.311 e. The molecule has 0 bridgehead atoms. The van der Waals surface area contributed by atoms with E-state index in [1.807, 2.05) is 6.08 Å². The summed E-state index contributed by atoms with van der Waals surface area (Å²) in [5, 5.41) is 0.0416. The summed E-state index contributed by atoms with van der Waals surface area (Å²) in [7, 11) is -0.475. The molecule has 0 saturated heterocycles. The molecule has 1 atom stereocenters. The van der Waals surface area contributed by atoms with Gasteiger partial charge in [0.2, 0.25) is 0 Å². The van der Waals surface area contributed by atoms with E-state index < -0.39 is 14.1 Å². The third kappa shape index (κ3) is 6.63. The summed E-state index contributed by atoms with van der Waals surface area (Å²) in [6.45, 7) is 15.1. The lowest BCUT2D eigenvalue weighted by molar-refractivity contribution is -0.189.